The number of hydrogen-bond acceptors (Lipinski definition) is 9. The summed E-state index contributed by atoms with van der Waals surface area (Å²) in [6.07, 6.45) is -1.04. The molecule has 47 heavy (non-hydrogen) atoms. The summed E-state index contributed by atoms with van der Waals surface area (Å²) in [7, 11) is 3.16. The Kier molecular flexibility index (Phi) is 13.4. The van der Waals surface area contributed by atoms with Gasteiger partial charge in [-0.1, -0.05) is 30.3 Å². The largest absolute Gasteiger partial charge is 0.493 e. The van der Waals surface area contributed by atoms with E-state index in [0.29, 0.717) is 42.3 Å². The van der Waals surface area contributed by atoms with Crippen molar-refractivity contribution in [1.29, 1.82) is 0 Å². The van der Waals surface area contributed by atoms with Crippen LogP contribution in [0.1, 0.15) is 70.0 Å². The number of carbonyl (C=O) groups excluding carboxylic acids is 4. The number of likely N-dealkylation sites (tertiary alicyclic amines) is 1. The molecule has 0 aromatic heterocycles. The summed E-state index contributed by atoms with van der Waals surface area (Å²) < 4.78 is 27.5. The van der Waals surface area contributed by atoms with Crippen LogP contribution in [0.25, 0.3) is 0 Å². The Labute approximate surface area is 277 Å². The highest BCUT2D eigenvalue weighted by Gasteiger charge is 2.41. The van der Waals surface area contributed by atoms with Gasteiger partial charge in [-0.2, -0.15) is 0 Å². The van der Waals surface area contributed by atoms with E-state index in [2.05, 4.69) is 5.32 Å². The second-order valence-electron chi connectivity index (χ2n) is 12.8. The van der Waals surface area contributed by atoms with Crippen LogP contribution in [0.3, 0.4) is 0 Å². The van der Waals surface area contributed by atoms with Crippen molar-refractivity contribution in [3.05, 3.63) is 59.7 Å². The normalized spacial score (nSPS) is 16.7. The van der Waals surface area contributed by atoms with Gasteiger partial charge in [-0.05, 0) is 52.8 Å². The van der Waals surface area contributed by atoms with Crippen LogP contribution >= 0.6 is 0 Å². The molecule has 3 rings (SSSR count). The Balaban J connectivity index is 1.89. The molecule has 1 aliphatic heterocycles. The number of nitrogens with zero attached hydrogens (tertiary/aromatic N) is 2. The van der Waals surface area contributed by atoms with Gasteiger partial charge in [0.05, 0.1) is 19.8 Å². The van der Waals surface area contributed by atoms with E-state index in [1.807, 2.05) is 13.8 Å². The summed E-state index contributed by atoms with van der Waals surface area (Å²) in [4.78, 5) is 56.0. The summed E-state index contributed by atoms with van der Waals surface area (Å²) in [5, 5.41) is 3.01. The van der Waals surface area contributed by atoms with Crippen molar-refractivity contribution >= 4 is 23.9 Å². The third-order valence-corrected chi connectivity index (χ3v) is 7.52. The van der Waals surface area contributed by atoms with Crippen LogP contribution in [0.4, 0.5) is 4.79 Å². The molecule has 0 aliphatic carbocycles. The molecule has 3 atom stereocenters. The number of hydrogen-bond donors (Lipinski definition) is 1. The Morgan fingerprint density at radius 1 is 0.979 bits per heavy atom. The summed E-state index contributed by atoms with van der Waals surface area (Å²) >= 11 is 0. The molecule has 3 unspecified atom stereocenters. The maximum atomic E-state index is 14.0. The van der Waals surface area contributed by atoms with Crippen LogP contribution in [-0.2, 0) is 23.8 Å². The van der Waals surface area contributed by atoms with Crippen molar-refractivity contribution < 1.29 is 42.9 Å². The van der Waals surface area contributed by atoms with E-state index in [0.717, 1.165) is 0 Å². The second-order valence-corrected chi connectivity index (χ2v) is 12.8. The quantitative estimate of drug-likeness (QED) is 0.229. The van der Waals surface area contributed by atoms with Gasteiger partial charge >= 0.3 is 12.1 Å². The first-order chi connectivity index (χ1) is 22.2. The van der Waals surface area contributed by atoms with Crippen LogP contribution in [-0.4, -0.2) is 98.4 Å². The molecule has 1 saturated heterocycles. The molecule has 0 saturated carbocycles. The van der Waals surface area contributed by atoms with Crippen molar-refractivity contribution in [2.24, 2.45) is 5.92 Å². The number of esters is 1. The molecule has 3 amide bonds. The zero-order chi connectivity index (χ0) is 34.7. The minimum Gasteiger partial charge on any atom is -0.493 e. The molecule has 1 aliphatic rings. The van der Waals surface area contributed by atoms with E-state index in [1.165, 1.54) is 18.9 Å². The second kappa shape index (κ2) is 17.0. The van der Waals surface area contributed by atoms with Gasteiger partial charge in [0.2, 0.25) is 6.10 Å². The van der Waals surface area contributed by atoms with Gasteiger partial charge in [0.25, 0.3) is 11.8 Å². The van der Waals surface area contributed by atoms with Gasteiger partial charge in [0.1, 0.15) is 5.60 Å². The minimum absolute atomic E-state index is 0.148. The molecular formula is C35H49N3O9. The molecule has 258 valence electrons. The number of nitrogens with one attached hydrogen (secondary N) is 1. The van der Waals surface area contributed by atoms with E-state index >= 15 is 0 Å². The predicted octanol–water partition coefficient (Wildman–Crippen LogP) is 4.62. The summed E-state index contributed by atoms with van der Waals surface area (Å²) in [6, 6.07) is 13.0. The molecule has 1 N–H and O–H groups in total. The van der Waals surface area contributed by atoms with Gasteiger partial charge in [0, 0.05) is 69.8 Å². The lowest BCUT2D eigenvalue weighted by atomic mass is 10.00. The average Bonchev–Trinajstić information content (AvgIpc) is 3.42. The maximum Gasteiger partial charge on any atom is 0.410 e. The van der Waals surface area contributed by atoms with Crippen molar-refractivity contribution in [3.8, 4) is 11.5 Å². The van der Waals surface area contributed by atoms with E-state index in [1.54, 1.807) is 81.3 Å². The van der Waals surface area contributed by atoms with Gasteiger partial charge in [0.15, 0.2) is 11.5 Å². The highest BCUT2D eigenvalue weighted by atomic mass is 16.6. The molecular weight excluding hydrogens is 606 g/mol. The summed E-state index contributed by atoms with van der Waals surface area (Å²) in [5.41, 5.74) is 0.194. The first-order valence-corrected chi connectivity index (χ1v) is 15.8. The topological polar surface area (TPSA) is 133 Å². The van der Waals surface area contributed by atoms with E-state index in [-0.39, 0.29) is 37.5 Å². The third kappa shape index (κ3) is 10.9. The number of carbonyl (C=O) groups is 4. The Morgan fingerprint density at radius 2 is 1.68 bits per heavy atom. The molecule has 0 bridgehead atoms. The molecule has 12 heteroatoms. The fourth-order valence-electron chi connectivity index (χ4n) is 5.28. The molecule has 1 heterocycles. The fraction of sp³-hybridized carbons (Fsp3) is 0.543. The van der Waals surface area contributed by atoms with Crippen molar-refractivity contribution in [2.75, 3.05) is 47.1 Å². The Hall–Kier alpha value is -4.32. The van der Waals surface area contributed by atoms with E-state index < -0.39 is 35.7 Å². The van der Waals surface area contributed by atoms with Crippen LogP contribution < -0.4 is 14.8 Å². The lowest BCUT2D eigenvalue weighted by Gasteiger charge is -2.32. The molecule has 2 aromatic carbocycles. The number of amides is 3. The minimum atomic E-state index is -1.19. The molecule has 0 spiro atoms. The highest BCUT2D eigenvalue weighted by Crippen LogP contribution is 2.30. The van der Waals surface area contributed by atoms with E-state index in [9.17, 15) is 19.2 Å². The number of ether oxygens (including phenoxy) is 5. The molecule has 2 aromatic rings. The van der Waals surface area contributed by atoms with Crippen molar-refractivity contribution in [3.63, 3.8) is 0 Å². The number of methoxy groups -OCH3 is 2. The van der Waals surface area contributed by atoms with Crippen LogP contribution in [0.2, 0.25) is 0 Å². The number of rotatable bonds is 14. The predicted molar refractivity (Wildman–Crippen MR) is 175 cm³/mol. The van der Waals surface area contributed by atoms with Crippen LogP contribution in [0, 0.1) is 5.92 Å². The monoisotopic (exact) mass is 655 g/mol. The average molecular weight is 656 g/mol. The first-order valence-electron chi connectivity index (χ1n) is 15.8. The lowest BCUT2D eigenvalue weighted by molar-refractivity contribution is -0.154. The highest BCUT2D eigenvalue weighted by molar-refractivity contribution is 5.95. The summed E-state index contributed by atoms with van der Waals surface area (Å²) in [6.45, 7) is 11.9. The van der Waals surface area contributed by atoms with Crippen LogP contribution in [0.15, 0.2) is 48.5 Å². The van der Waals surface area contributed by atoms with Gasteiger partial charge in [-0.15, -0.1) is 0 Å². The SMILES string of the molecule is COCCCOc1cc(C(=O)N(CC2CN(C(=O)OC(C)(C)C)CC2NC(=O)C(OC(C)=O)c2ccccc2)C(C)C)ccc1OC. The molecule has 0 radical (unpaired) electrons. The lowest BCUT2D eigenvalue weighted by Crippen LogP contribution is -2.48. The maximum absolute atomic E-state index is 14.0. The van der Waals surface area contributed by atoms with Gasteiger partial charge in [-0.3, -0.25) is 14.4 Å². The van der Waals surface area contributed by atoms with Crippen LogP contribution in [0.5, 0.6) is 11.5 Å². The summed E-state index contributed by atoms with van der Waals surface area (Å²) in [5.74, 6) is -0.798. The Bertz CT molecular complexity index is 1360. The van der Waals surface area contributed by atoms with Gasteiger partial charge < -0.3 is 38.8 Å². The molecule has 1 fully saturated rings. The van der Waals surface area contributed by atoms with E-state index in [4.69, 9.17) is 23.7 Å². The van der Waals surface area contributed by atoms with Crippen molar-refractivity contribution in [2.45, 2.75) is 71.8 Å². The van der Waals surface area contributed by atoms with Gasteiger partial charge in [-0.25, -0.2) is 4.79 Å². The van der Waals surface area contributed by atoms with Crippen molar-refractivity contribution in [1.82, 2.24) is 15.1 Å². The standard InChI is InChI=1S/C35H49N3O9/c1-23(2)38(33(41)26-15-16-29(44-8)30(19-26)45-18-12-17-43-7)21-27-20-37(34(42)47-35(4,5)6)22-28(27)36-32(40)31(46-24(3)39)25-13-10-9-11-14-25/h9-11,13-16,19,23,27-28,31H,12,17-18,20-22H2,1-8H3,(H,36,40). The zero-order valence-corrected chi connectivity index (χ0v) is 28.7. The third-order valence-electron chi connectivity index (χ3n) is 7.52. The molecule has 12 nitrogen and oxygen atoms in total. The zero-order valence-electron chi connectivity index (χ0n) is 28.7. The fourth-order valence-corrected chi connectivity index (χ4v) is 5.28. The smallest absolute Gasteiger partial charge is 0.410 e. The number of benzene rings is 2. The Morgan fingerprint density at radius 3 is 2.28 bits per heavy atom. The first kappa shape index (κ1) is 37.1.